The molecule has 3 aromatic rings. The van der Waals surface area contributed by atoms with Crippen LogP contribution >= 0.6 is 0 Å². The second kappa shape index (κ2) is 9.25. The molecule has 6 heteroatoms. The first-order valence-electron chi connectivity index (χ1n) is 10.7. The zero-order valence-electron chi connectivity index (χ0n) is 18.0. The molecular weight excluding hydrogens is 392 g/mol. The summed E-state index contributed by atoms with van der Waals surface area (Å²) >= 11 is 0. The number of carbonyl (C=O) groups is 2. The Bertz CT molecular complexity index is 1070. The Morgan fingerprint density at radius 3 is 2.45 bits per heavy atom. The predicted octanol–water partition coefficient (Wildman–Crippen LogP) is 4.55. The van der Waals surface area contributed by atoms with E-state index in [1.54, 1.807) is 26.5 Å². The van der Waals surface area contributed by atoms with Gasteiger partial charge in [-0.3, -0.25) is 9.59 Å². The van der Waals surface area contributed by atoms with Gasteiger partial charge < -0.3 is 19.4 Å². The summed E-state index contributed by atoms with van der Waals surface area (Å²) in [6.45, 7) is 1.49. The number of ketones is 1. The Hall–Kier alpha value is -3.28. The number of hydrogen-bond acceptors (Lipinski definition) is 4. The number of Topliss-reactive ketones (excluding diaryl/α,β-unsaturated/α-hetero) is 1. The van der Waals surface area contributed by atoms with E-state index in [-0.39, 0.29) is 24.5 Å². The van der Waals surface area contributed by atoms with Crippen LogP contribution in [0.1, 0.15) is 47.5 Å². The number of fused-ring (bicyclic) bond motifs is 1. The fraction of sp³-hybridized carbons (Fsp3) is 0.360. The lowest BCUT2D eigenvalue weighted by atomic mass is 9.89. The highest BCUT2D eigenvalue weighted by Crippen LogP contribution is 2.33. The van der Waals surface area contributed by atoms with Crippen LogP contribution in [-0.4, -0.2) is 48.9 Å². The number of aromatic amines is 1. The van der Waals surface area contributed by atoms with Crippen molar-refractivity contribution in [3.8, 4) is 11.5 Å². The first kappa shape index (κ1) is 21.0. The van der Waals surface area contributed by atoms with E-state index >= 15 is 0 Å². The monoisotopic (exact) mass is 420 g/mol. The van der Waals surface area contributed by atoms with Crippen LogP contribution in [0.4, 0.5) is 0 Å². The zero-order chi connectivity index (χ0) is 21.8. The molecule has 0 unspecified atom stereocenters. The van der Waals surface area contributed by atoms with Gasteiger partial charge in [-0.05, 0) is 30.4 Å². The number of nitrogens with zero attached hydrogens (tertiary/aromatic N) is 1. The van der Waals surface area contributed by atoms with Gasteiger partial charge in [0.25, 0.3) is 0 Å². The minimum absolute atomic E-state index is 0.0508. The fourth-order valence-electron chi connectivity index (χ4n) is 4.38. The summed E-state index contributed by atoms with van der Waals surface area (Å²) in [4.78, 5) is 30.6. The molecule has 2 aromatic carbocycles. The Balaban J connectivity index is 1.36. The van der Waals surface area contributed by atoms with Crippen LogP contribution in [0.3, 0.4) is 0 Å². The van der Waals surface area contributed by atoms with Gasteiger partial charge in [-0.15, -0.1) is 0 Å². The third-order valence-electron chi connectivity index (χ3n) is 6.17. The van der Waals surface area contributed by atoms with Crippen molar-refractivity contribution in [1.29, 1.82) is 0 Å². The first-order chi connectivity index (χ1) is 15.1. The van der Waals surface area contributed by atoms with E-state index in [0.29, 0.717) is 23.0 Å². The normalized spacial score (nSPS) is 14.6. The van der Waals surface area contributed by atoms with Gasteiger partial charge >= 0.3 is 0 Å². The molecular formula is C25H28N2O4. The Morgan fingerprint density at radius 2 is 1.77 bits per heavy atom. The summed E-state index contributed by atoms with van der Waals surface area (Å²) in [6, 6.07) is 14.1. The van der Waals surface area contributed by atoms with Crippen LogP contribution in [0.15, 0.2) is 48.7 Å². The van der Waals surface area contributed by atoms with E-state index in [9.17, 15) is 9.59 Å². The van der Waals surface area contributed by atoms with Gasteiger partial charge in [-0.2, -0.15) is 0 Å². The molecule has 4 rings (SSSR count). The molecule has 0 aliphatic carbocycles. The van der Waals surface area contributed by atoms with Gasteiger partial charge in [0.05, 0.1) is 19.7 Å². The molecule has 162 valence electrons. The number of benzene rings is 2. The number of aromatic nitrogens is 1. The minimum Gasteiger partial charge on any atom is -0.497 e. The maximum atomic E-state index is 12.9. The van der Waals surface area contributed by atoms with Gasteiger partial charge in [0.2, 0.25) is 5.91 Å². The molecule has 1 aromatic heterocycles. The number of methoxy groups -OCH3 is 2. The van der Waals surface area contributed by atoms with Crippen LogP contribution in [0.5, 0.6) is 11.5 Å². The molecule has 1 amide bonds. The van der Waals surface area contributed by atoms with Crippen molar-refractivity contribution in [2.75, 3.05) is 27.3 Å². The third kappa shape index (κ3) is 4.43. The number of nitrogens with one attached hydrogen (secondary N) is 1. The molecule has 1 saturated heterocycles. The average Bonchev–Trinajstić information content (AvgIpc) is 3.26. The maximum absolute atomic E-state index is 12.9. The molecule has 0 spiro atoms. The number of likely N-dealkylation sites (tertiary alicyclic amines) is 1. The van der Waals surface area contributed by atoms with Gasteiger partial charge in [0.1, 0.15) is 11.5 Å². The molecule has 1 fully saturated rings. The summed E-state index contributed by atoms with van der Waals surface area (Å²) in [7, 11) is 3.16. The molecule has 0 saturated carbocycles. The number of hydrogen-bond donors (Lipinski definition) is 1. The number of piperidine rings is 1. The Kier molecular flexibility index (Phi) is 6.26. The van der Waals surface area contributed by atoms with Gasteiger partial charge in [-0.1, -0.05) is 30.3 Å². The molecule has 1 aliphatic heterocycles. The van der Waals surface area contributed by atoms with E-state index in [0.717, 1.165) is 36.8 Å². The van der Waals surface area contributed by atoms with Crippen LogP contribution in [0.2, 0.25) is 0 Å². The second-order valence-electron chi connectivity index (χ2n) is 7.94. The Labute approximate surface area is 182 Å². The van der Waals surface area contributed by atoms with E-state index < -0.39 is 0 Å². The lowest BCUT2D eigenvalue weighted by Gasteiger charge is -2.32. The third-order valence-corrected chi connectivity index (χ3v) is 6.17. The minimum atomic E-state index is -0.0610. The summed E-state index contributed by atoms with van der Waals surface area (Å²) in [6.07, 6.45) is 4.02. The van der Waals surface area contributed by atoms with Gasteiger partial charge in [-0.25, -0.2) is 0 Å². The van der Waals surface area contributed by atoms with Crippen LogP contribution in [-0.2, 0) is 4.79 Å². The maximum Gasteiger partial charge on any atom is 0.223 e. The van der Waals surface area contributed by atoms with Gasteiger partial charge in [0, 0.05) is 49.1 Å². The van der Waals surface area contributed by atoms with E-state index in [4.69, 9.17) is 9.47 Å². The number of ether oxygens (including phenoxy) is 2. The molecule has 2 heterocycles. The number of amides is 1. The smallest absolute Gasteiger partial charge is 0.223 e. The highest BCUT2D eigenvalue weighted by Gasteiger charge is 2.24. The highest BCUT2D eigenvalue weighted by atomic mass is 16.5. The van der Waals surface area contributed by atoms with Crippen LogP contribution in [0, 0.1) is 0 Å². The van der Waals surface area contributed by atoms with Crippen molar-refractivity contribution in [3.05, 3.63) is 59.8 Å². The predicted molar refractivity (Wildman–Crippen MR) is 120 cm³/mol. The van der Waals surface area contributed by atoms with Crippen molar-refractivity contribution >= 4 is 22.6 Å². The fourth-order valence-corrected chi connectivity index (χ4v) is 4.38. The lowest BCUT2D eigenvalue weighted by Crippen LogP contribution is -2.38. The standard InChI is InChI=1S/C25H28N2O4/c1-30-19-14-20-21(16-26-25(20)23(15-19)31-2)22(28)8-9-24(29)27-12-10-18(11-13-27)17-6-4-3-5-7-17/h3-7,14-16,18,26H,8-13H2,1-2H3. The summed E-state index contributed by atoms with van der Waals surface area (Å²) in [5.74, 6) is 1.73. The second-order valence-corrected chi connectivity index (χ2v) is 7.94. The van der Waals surface area contributed by atoms with Crippen molar-refractivity contribution in [2.24, 2.45) is 0 Å². The topological polar surface area (TPSA) is 71.6 Å². The lowest BCUT2D eigenvalue weighted by molar-refractivity contribution is -0.132. The largest absolute Gasteiger partial charge is 0.497 e. The molecule has 6 nitrogen and oxygen atoms in total. The number of carbonyl (C=O) groups excluding carboxylic acids is 2. The Morgan fingerprint density at radius 1 is 1.03 bits per heavy atom. The highest BCUT2D eigenvalue weighted by molar-refractivity contribution is 6.10. The van der Waals surface area contributed by atoms with Crippen LogP contribution in [0.25, 0.3) is 10.9 Å². The summed E-state index contributed by atoms with van der Waals surface area (Å²) < 4.78 is 10.7. The molecule has 1 aliphatic rings. The summed E-state index contributed by atoms with van der Waals surface area (Å²) in [5, 5.41) is 0.748. The van der Waals surface area contributed by atoms with E-state index in [2.05, 4.69) is 29.2 Å². The van der Waals surface area contributed by atoms with Crippen molar-refractivity contribution in [1.82, 2.24) is 9.88 Å². The molecule has 0 radical (unpaired) electrons. The average molecular weight is 421 g/mol. The number of H-pyrrole nitrogens is 1. The summed E-state index contributed by atoms with van der Waals surface area (Å²) in [5.41, 5.74) is 2.65. The molecule has 31 heavy (non-hydrogen) atoms. The quantitative estimate of drug-likeness (QED) is 0.569. The van der Waals surface area contributed by atoms with Crippen molar-refractivity contribution in [2.45, 2.75) is 31.6 Å². The zero-order valence-corrected chi connectivity index (χ0v) is 18.0. The molecule has 0 bridgehead atoms. The van der Waals surface area contributed by atoms with E-state index in [1.165, 1.54) is 5.56 Å². The first-order valence-corrected chi connectivity index (χ1v) is 10.7. The van der Waals surface area contributed by atoms with E-state index in [1.807, 2.05) is 17.0 Å². The number of rotatable bonds is 7. The van der Waals surface area contributed by atoms with Gasteiger partial charge in [0.15, 0.2) is 5.78 Å². The molecule has 1 N–H and O–H groups in total. The van der Waals surface area contributed by atoms with Crippen molar-refractivity contribution in [3.63, 3.8) is 0 Å². The van der Waals surface area contributed by atoms with Crippen molar-refractivity contribution < 1.29 is 19.1 Å². The SMILES string of the molecule is COc1cc(OC)c2[nH]cc(C(=O)CCC(=O)N3CCC(c4ccccc4)CC3)c2c1. The molecule has 0 atom stereocenters. The van der Waals surface area contributed by atoms with Crippen LogP contribution < -0.4 is 9.47 Å².